The summed E-state index contributed by atoms with van der Waals surface area (Å²) in [6, 6.07) is 19.5. The fourth-order valence-corrected chi connectivity index (χ4v) is 4.54. The number of ether oxygens (including phenoxy) is 1. The van der Waals surface area contributed by atoms with Crippen LogP contribution in [0, 0.1) is 5.92 Å². The van der Waals surface area contributed by atoms with Gasteiger partial charge in [-0.1, -0.05) is 30.3 Å². The molecule has 0 aliphatic carbocycles. The molecule has 6 nitrogen and oxygen atoms in total. The van der Waals surface area contributed by atoms with Crippen LogP contribution < -0.4 is 4.74 Å². The van der Waals surface area contributed by atoms with E-state index in [1.807, 2.05) is 24.3 Å². The number of carbonyl (C=O) groups is 2. The number of aromatic hydroxyl groups is 3. The molecule has 0 fully saturated rings. The lowest BCUT2D eigenvalue weighted by molar-refractivity contribution is -0.127. The quantitative estimate of drug-likeness (QED) is 0.222. The highest BCUT2D eigenvalue weighted by Gasteiger charge is 2.14. The van der Waals surface area contributed by atoms with Gasteiger partial charge < -0.3 is 20.1 Å². The summed E-state index contributed by atoms with van der Waals surface area (Å²) in [6.45, 7) is 0. The van der Waals surface area contributed by atoms with Crippen LogP contribution in [0.3, 0.4) is 0 Å². The van der Waals surface area contributed by atoms with Crippen LogP contribution in [0.15, 0.2) is 66.7 Å². The highest BCUT2D eigenvalue weighted by atomic mass is 16.5. The Bertz CT molecular complexity index is 1170. The number of aryl methyl sites for hydroxylation is 2. The van der Waals surface area contributed by atoms with Crippen molar-refractivity contribution in [1.82, 2.24) is 0 Å². The van der Waals surface area contributed by atoms with Crippen molar-refractivity contribution in [3.63, 3.8) is 0 Å². The van der Waals surface area contributed by atoms with Gasteiger partial charge in [0.2, 0.25) is 0 Å². The van der Waals surface area contributed by atoms with E-state index >= 15 is 0 Å². The maximum absolute atomic E-state index is 12.5. The van der Waals surface area contributed by atoms with Gasteiger partial charge in [0.25, 0.3) is 0 Å². The Morgan fingerprint density at radius 3 is 2.19 bits per heavy atom. The largest absolute Gasteiger partial charge is 0.508 e. The van der Waals surface area contributed by atoms with Crippen molar-refractivity contribution in [2.75, 3.05) is 7.11 Å². The fourth-order valence-electron chi connectivity index (χ4n) is 4.54. The molecule has 3 rings (SSSR count). The Morgan fingerprint density at radius 1 is 0.757 bits per heavy atom. The molecule has 0 aliphatic rings. The van der Waals surface area contributed by atoms with E-state index in [9.17, 15) is 24.9 Å². The lowest BCUT2D eigenvalue weighted by Gasteiger charge is -2.17. The minimum atomic E-state index is -0.0819. The van der Waals surface area contributed by atoms with Crippen LogP contribution in [0.25, 0.3) is 0 Å². The number of carbonyl (C=O) groups excluding carboxylic acids is 2. The van der Waals surface area contributed by atoms with Crippen LogP contribution in [0.1, 0.15) is 55.2 Å². The van der Waals surface area contributed by atoms with Gasteiger partial charge in [-0.3, -0.25) is 9.59 Å². The zero-order valence-corrected chi connectivity index (χ0v) is 21.4. The van der Waals surface area contributed by atoms with Gasteiger partial charge in [0.1, 0.15) is 23.1 Å². The van der Waals surface area contributed by atoms with Crippen molar-refractivity contribution in [2.45, 2.75) is 57.8 Å². The predicted octanol–water partition coefficient (Wildman–Crippen LogP) is 5.93. The Balaban J connectivity index is 1.46. The van der Waals surface area contributed by atoms with Gasteiger partial charge in [-0.15, -0.1) is 0 Å². The third-order valence-electron chi connectivity index (χ3n) is 6.61. The molecule has 1 atom stereocenters. The van der Waals surface area contributed by atoms with Gasteiger partial charge in [0, 0.05) is 12.8 Å². The lowest BCUT2D eigenvalue weighted by atomic mass is 9.88. The topological polar surface area (TPSA) is 104 Å². The average Bonchev–Trinajstić information content (AvgIpc) is 2.88. The van der Waals surface area contributed by atoms with Crippen LogP contribution in [0.5, 0.6) is 23.0 Å². The van der Waals surface area contributed by atoms with E-state index in [4.69, 9.17) is 4.74 Å². The van der Waals surface area contributed by atoms with Crippen molar-refractivity contribution in [2.24, 2.45) is 5.92 Å². The molecule has 3 aromatic rings. The van der Waals surface area contributed by atoms with E-state index in [0.717, 1.165) is 42.4 Å². The van der Waals surface area contributed by atoms with Gasteiger partial charge in [-0.25, -0.2) is 0 Å². The zero-order chi connectivity index (χ0) is 26.6. The van der Waals surface area contributed by atoms with Gasteiger partial charge in [-0.05, 0) is 97.5 Å². The second-order valence-electron chi connectivity index (χ2n) is 9.60. The summed E-state index contributed by atoms with van der Waals surface area (Å²) >= 11 is 0. The molecule has 0 aromatic heterocycles. The third kappa shape index (κ3) is 9.64. The number of methoxy groups -OCH3 is 1. The maximum Gasteiger partial charge on any atom is 0.160 e. The molecule has 0 amide bonds. The molecule has 6 heteroatoms. The molecule has 0 radical (unpaired) electrons. The molecule has 0 heterocycles. The third-order valence-corrected chi connectivity index (χ3v) is 6.61. The monoisotopic (exact) mass is 504 g/mol. The molecule has 0 bridgehead atoms. The highest BCUT2D eigenvalue weighted by Crippen LogP contribution is 2.27. The Hall–Kier alpha value is -3.80. The number of ketones is 2. The van der Waals surface area contributed by atoms with Crippen LogP contribution >= 0.6 is 0 Å². The SMILES string of the molecule is COc1cc(CCC(=O)CC(=O)CCC[C@H](CCc2cccc(O)c2)Cc2ccc(O)cc2)ccc1O. The van der Waals surface area contributed by atoms with Crippen molar-refractivity contribution in [3.8, 4) is 23.0 Å². The van der Waals surface area contributed by atoms with Crippen LogP contribution in [-0.2, 0) is 28.9 Å². The predicted molar refractivity (Wildman–Crippen MR) is 143 cm³/mol. The minimum Gasteiger partial charge on any atom is -0.508 e. The number of phenols is 3. The van der Waals surface area contributed by atoms with Gasteiger partial charge in [0.05, 0.1) is 13.5 Å². The Morgan fingerprint density at radius 2 is 1.46 bits per heavy atom. The number of benzene rings is 3. The second-order valence-corrected chi connectivity index (χ2v) is 9.60. The normalized spacial score (nSPS) is 11.7. The zero-order valence-electron chi connectivity index (χ0n) is 21.4. The summed E-state index contributed by atoms with van der Waals surface area (Å²) in [6.07, 6.45) is 5.22. The van der Waals surface area contributed by atoms with E-state index in [-0.39, 0.29) is 41.7 Å². The van der Waals surface area contributed by atoms with Crippen LogP contribution in [0.2, 0.25) is 0 Å². The number of rotatable bonds is 15. The number of phenolic OH excluding ortho intramolecular Hbond substituents is 3. The van der Waals surface area contributed by atoms with Crippen LogP contribution in [0.4, 0.5) is 0 Å². The first-order valence-corrected chi connectivity index (χ1v) is 12.8. The van der Waals surface area contributed by atoms with Crippen molar-refractivity contribution < 1.29 is 29.6 Å². The van der Waals surface area contributed by atoms with Crippen molar-refractivity contribution in [1.29, 1.82) is 0 Å². The van der Waals surface area contributed by atoms with E-state index in [1.54, 1.807) is 42.5 Å². The molecule has 3 aromatic carbocycles. The first-order chi connectivity index (χ1) is 17.8. The summed E-state index contributed by atoms with van der Waals surface area (Å²) in [4.78, 5) is 24.8. The molecule has 0 aliphatic heterocycles. The summed E-state index contributed by atoms with van der Waals surface area (Å²) in [5.74, 6) is 1.13. The summed E-state index contributed by atoms with van der Waals surface area (Å²) in [5.41, 5.74) is 3.08. The maximum atomic E-state index is 12.5. The molecule has 196 valence electrons. The Kier molecular flexibility index (Phi) is 10.6. The number of hydrogen-bond donors (Lipinski definition) is 3. The molecule has 37 heavy (non-hydrogen) atoms. The van der Waals surface area contributed by atoms with E-state index in [2.05, 4.69) is 0 Å². The molecule has 0 unspecified atom stereocenters. The first-order valence-electron chi connectivity index (χ1n) is 12.8. The van der Waals surface area contributed by atoms with Gasteiger partial charge in [-0.2, -0.15) is 0 Å². The highest BCUT2D eigenvalue weighted by molar-refractivity contribution is 5.99. The minimum absolute atomic E-state index is 0.0374. The van der Waals surface area contributed by atoms with Gasteiger partial charge >= 0.3 is 0 Å². The number of Topliss-reactive ketones (excluding diaryl/α,β-unsaturated/α-hetero) is 2. The Labute approximate surface area is 218 Å². The standard InChI is InChI=1S/C31H36O6/c1-37-31-20-25(13-17-30(31)36)12-16-29(35)21-28(34)7-2-4-22(18-24-10-14-26(32)15-11-24)8-9-23-5-3-6-27(33)19-23/h3,5-6,10-11,13-15,17,19-20,22,32-33,36H,2,4,7-9,12,16,18,21H2,1H3/t22-/m1/s1. The summed E-state index contributed by atoms with van der Waals surface area (Å²) in [5, 5.41) is 29.0. The number of hydrogen-bond acceptors (Lipinski definition) is 6. The van der Waals surface area contributed by atoms with E-state index < -0.39 is 0 Å². The van der Waals surface area contributed by atoms with Gasteiger partial charge in [0.15, 0.2) is 11.5 Å². The average molecular weight is 505 g/mol. The van der Waals surface area contributed by atoms with Crippen LogP contribution in [-0.4, -0.2) is 34.0 Å². The second kappa shape index (κ2) is 14.1. The molecular weight excluding hydrogens is 468 g/mol. The fraction of sp³-hybridized carbons (Fsp3) is 0.355. The summed E-state index contributed by atoms with van der Waals surface area (Å²) in [7, 11) is 1.48. The van der Waals surface area contributed by atoms with Crippen molar-refractivity contribution in [3.05, 3.63) is 83.4 Å². The lowest BCUT2D eigenvalue weighted by Crippen LogP contribution is -2.11. The van der Waals surface area contributed by atoms with Crippen molar-refractivity contribution >= 4 is 11.6 Å². The first kappa shape index (κ1) is 27.8. The molecular formula is C31H36O6. The summed E-state index contributed by atoms with van der Waals surface area (Å²) < 4.78 is 5.10. The molecule has 0 spiro atoms. The molecule has 0 saturated carbocycles. The molecule has 0 saturated heterocycles. The molecule has 3 N–H and O–H groups in total. The van der Waals surface area contributed by atoms with E-state index in [0.29, 0.717) is 30.9 Å². The smallest absolute Gasteiger partial charge is 0.160 e. The van der Waals surface area contributed by atoms with E-state index in [1.165, 1.54) is 7.11 Å².